The summed E-state index contributed by atoms with van der Waals surface area (Å²) < 4.78 is 6.64. The first kappa shape index (κ1) is 23.8. The summed E-state index contributed by atoms with van der Waals surface area (Å²) in [7, 11) is 0. The van der Waals surface area contributed by atoms with Gasteiger partial charge in [0.15, 0.2) is 23.7 Å². The number of nitrogens with one attached hydrogen (secondary N) is 1. The Morgan fingerprint density at radius 2 is 1.93 bits per heavy atom. The van der Waals surface area contributed by atoms with Crippen molar-refractivity contribution in [1.82, 2.24) is 19.5 Å². The van der Waals surface area contributed by atoms with Crippen LogP contribution in [-0.4, -0.2) is 111 Å². The fraction of sp³-hybridized carbons (Fsp3) is 0.600. The third kappa shape index (κ3) is 4.79. The highest BCUT2D eigenvalue weighted by molar-refractivity contribution is 5.70. The highest BCUT2D eigenvalue weighted by atomic mass is 16.6. The maximum absolute atomic E-state index is 11.7. The molecule has 30 heavy (non-hydrogen) atoms. The number of aliphatic hydroxyl groups excluding tert-OH is 7. The average molecular weight is 433 g/mol. The standard InChI is InChI=1S/C10H13N5O5.C5H10O5/c11-10-13-7-4(8(19)14-10)12-2-15(7)9-6(18)5(17)3(1-16)20-9;6-1-3(8)5(10)4(9)2-7/h2-3,5-6,9,16-18H,1H2,(H3,11,13,14,19);1,3-5,7-10H,2H2/t3-,5-,6-,9-;3-,4+,5-/m10/s1. The maximum Gasteiger partial charge on any atom is 0.280 e. The number of ether oxygens (including phenoxy) is 1. The Morgan fingerprint density at radius 3 is 2.47 bits per heavy atom. The Bertz CT molecular complexity index is 904. The summed E-state index contributed by atoms with van der Waals surface area (Å²) in [4.78, 5) is 31.5. The number of nitrogen functional groups attached to an aromatic ring is 1. The number of carbonyl (C=O) groups is 1. The number of rotatable bonds is 6. The van der Waals surface area contributed by atoms with Crippen molar-refractivity contribution in [3.8, 4) is 0 Å². The number of aliphatic hydroxyl groups is 7. The van der Waals surface area contributed by atoms with Gasteiger partial charge < -0.3 is 51.0 Å². The SMILES string of the molecule is Nc1nc2c(ncn2[C@@H]2O[C@H](CO)[C@@H](O)[C@H]2O)c(=O)[nH]1.O=C[C@H](O)[C@H](O)[C@H](O)CO. The van der Waals surface area contributed by atoms with Crippen LogP contribution in [0.5, 0.6) is 0 Å². The van der Waals surface area contributed by atoms with E-state index >= 15 is 0 Å². The summed E-state index contributed by atoms with van der Waals surface area (Å²) in [6, 6.07) is 0. The first-order valence-electron chi connectivity index (χ1n) is 8.61. The zero-order chi connectivity index (χ0) is 22.6. The van der Waals surface area contributed by atoms with Gasteiger partial charge in [-0.15, -0.1) is 0 Å². The summed E-state index contributed by atoms with van der Waals surface area (Å²) >= 11 is 0. The van der Waals surface area contributed by atoms with Gasteiger partial charge in [0.25, 0.3) is 5.56 Å². The van der Waals surface area contributed by atoms with Crippen molar-refractivity contribution in [1.29, 1.82) is 0 Å². The van der Waals surface area contributed by atoms with Gasteiger partial charge >= 0.3 is 0 Å². The Morgan fingerprint density at radius 1 is 1.27 bits per heavy atom. The van der Waals surface area contributed by atoms with Gasteiger partial charge in [-0.1, -0.05) is 0 Å². The molecule has 15 nitrogen and oxygen atoms in total. The van der Waals surface area contributed by atoms with Crippen LogP contribution < -0.4 is 11.3 Å². The van der Waals surface area contributed by atoms with E-state index in [0.29, 0.717) is 0 Å². The molecule has 0 amide bonds. The third-order valence-electron chi connectivity index (χ3n) is 4.31. The molecule has 1 aliphatic heterocycles. The first-order chi connectivity index (χ1) is 14.2. The Labute approximate surface area is 167 Å². The van der Waals surface area contributed by atoms with Gasteiger partial charge in [-0.25, -0.2) is 4.98 Å². The summed E-state index contributed by atoms with van der Waals surface area (Å²) in [6.45, 7) is -1.14. The van der Waals surface area contributed by atoms with Crippen molar-refractivity contribution < 1.29 is 45.3 Å². The van der Waals surface area contributed by atoms with Gasteiger partial charge in [0.05, 0.1) is 19.5 Å². The molecule has 0 bridgehead atoms. The lowest BCUT2D eigenvalue weighted by atomic mass is 10.1. The highest BCUT2D eigenvalue weighted by Crippen LogP contribution is 2.30. The van der Waals surface area contributed by atoms with E-state index in [-0.39, 0.29) is 23.4 Å². The van der Waals surface area contributed by atoms with E-state index in [4.69, 9.17) is 36.0 Å². The molecule has 0 aromatic carbocycles. The molecule has 168 valence electrons. The number of anilines is 1. The fourth-order valence-corrected chi connectivity index (χ4v) is 2.66. The molecule has 1 aliphatic rings. The van der Waals surface area contributed by atoms with E-state index in [1.807, 2.05) is 0 Å². The maximum atomic E-state index is 11.7. The van der Waals surface area contributed by atoms with Crippen molar-refractivity contribution >= 4 is 23.4 Å². The lowest BCUT2D eigenvalue weighted by Gasteiger charge is -2.16. The fourth-order valence-electron chi connectivity index (χ4n) is 2.66. The molecule has 0 radical (unpaired) electrons. The molecule has 15 heteroatoms. The van der Waals surface area contributed by atoms with Crippen LogP contribution in [0.25, 0.3) is 11.2 Å². The number of hydrogen-bond acceptors (Lipinski definition) is 13. The molecule has 3 heterocycles. The van der Waals surface area contributed by atoms with Gasteiger partial charge in [0.2, 0.25) is 5.95 Å². The lowest BCUT2D eigenvalue weighted by molar-refractivity contribution is -0.127. The minimum Gasteiger partial charge on any atom is -0.394 e. The average Bonchev–Trinajstić information content (AvgIpc) is 3.27. The van der Waals surface area contributed by atoms with Crippen molar-refractivity contribution in [3.05, 3.63) is 16.7 Å². The minimum atomic E-state index is -1.64. The Hall–Kier alpha value is -2.50. The molecular weight excluding hydrogens is 410 g/mol. The largest absolute Gasteiger partial charge is 0.394 e. The molecule has 1 saturated heterocycles. The van der Waals surface area contributed by atoms with E-state index in [0.717, 1.165) is 0 Å². The molecule has 0 unspecified atom stereocenters. The van der Waals surface area contributed by atoms with Crippen molar-refractivity contribution in [2.24, 2.45) is 0 Å². The molecule has 10 N–H and O–H groups in total. The van der Waals surface area contributed by atoms with Gasteiger partial charge in [-0.2, -0.15) is 4.98 Å². The number of hydrogen-bond donors (Lipinski definition) is 9. The normalized spacial score (nSPS) is 26.6. The molecule has 1 fully saturated rings. The van der Waals surface area contributed by atoms with Crippen LogP contribution in [0.15, 0.2) is 11.1 Å². The second-order valence-electron chi connectivity index (χ2n) is 6.37. The van der Waals surface area contributed by atoms with E-state index in [9.17, 15) is 19.8 Å². The smallest absolute Gasteiger partial charge is 0.280 e. The van der Waals surface area contributed by atoms with Crippen LogP contribution in [0.1, 0.15) is 6.23 Å². The van der Waals surface area contributed by atoms with Gasteiger partial charge in [-0.3, -0.25) is 14.3 Å². The second kappa shape index (κ2) is 10.0. The van der Waals surface area contributed by atoms with Gasteiger partial charge in [-0.05, 0) is 0 Å². The molecule has 2 aromatic heterocycles. The summed E-state index contributed by atoms with van der Waals surface area (Å²) in [5, 5.41) is 62.8. The number of aromatic nitrogens is 4. The number of H-pyrrole nitrogens is 1. The Kier molecular flexibility index (Phi) is 7.93. The minimum absolute atomic E-state index is 0.0388. The van der Waals surface area contributed by atoms with Crippen molar-refractivity contribution in [2.75, 3.05) is 18.9 Å². The third-order valence-corrected chi connectivity index (χ3v) is 4.31. The molecular formula is C15H23N5O10. The van der Waals surface area contributed by atoms with Gasteiger partial charge in [0.1, 0.15) is 36.6 Å². The number of aromatic amines is 1. The monoisotopic (exact) mass is 433 g/mol. The zero-order valence-electron chi connectivity index (χ0n) is 15.4. The van der Waals surface area contributed by atoms with Crippen LogP contribution >= 0.6 is 0 Å². The number of imidazole rings is 1. The van der Waals surface area contributed by atoms with Crippen LogP contribution in [0, 0.1) is 0 Å². The summed E-state index contributed by atoms with van der Waals surface area (Å²) in [5.41, 5.74) is 5.12. The topological polar surface area (TPSA) is 257 Å². The lowest BCUT2D eigenvalue weighted by Crippen LogP contribution is -2.40. The highest BCUT2D eigenvalue weighted by Gasteiger charge is 2.44. The predicted octanol–water partition coefficient (Wildman–Crippen LogP) is -5.43. The first-order valence-corrected chi connectivity index (χ1v) is 8.61. The number of fused-ring (bicyclic) bond motifs is 1. The molecule has 0 aliphatic carbocycles. The Balaban J connectivity index is 0.000000274. The summed E-state index contributed by atoms with van der Waals surface area (Å²) in [6.07, 6.45) is -7.85. The van der Waals surface area contributed by atoms with E-state index in [2.05, 4.69) is 15.0 Å². The van der Waals surface area contributed by atoms with Gasteiger partial charge in [0, 0.05) is 0 Å². The number of nitrogens with zero attached hydrogens (tertiary/aromatic N) is 3. The summed E-state index contributed by atoms with van der Waals surface area (Å²) in [5.74, 6) is -0.101. The number of nitrogens with two attached hydrogens (primary N) is 1. The molecule has 0 spiro atoms. The molecule has 7 atom stereocenters. The van der Waals surface area contributed by atoms with Crippen LogP contribution in [-0.2, 0) is 9.53 Å². The second-order valence-corrected chi connectivity index (χ2v) is 6.37. The van der Waals surface area contributed by atoms with Crippen molar-refractivity contribution in [2.45, 2.75) is 42.9 Å². The van der Waals surface area contributed by atoms with E-state index in [1.165, 1.54) is 10.9 Å². The van der Waals surface area contributed by atoms with Crippen LogP contribution in [0.4, 0.5) is 5.95 Å². The quantitative estimate of drug-likeness (QED) is 0.193. The van der Waals surface area contributed by atoms with E-state index < -0.39 is 61.6 Å². The molecule has 0 saturated carbocycles. The van der Waals surface area contributed by atoms with Crippen LogP contribution in [0.3, 0.4) is 0 Å². The van der Waals surface area contributed by atoms with Crippen molar-refractivity contribution in [3.63, 3.8) is 0 Å². The van der Waals surface area contributed by atoms with Crippen LogP contribution in [0.2, 0.25) is 0 Å². The number of carbonyl (C=O) groups excluding carboxylic acids is 1. The predicted molar refractivity (Wildman–Crippen MR) is 96.7 cm³/mol. The zero-order valence-corrected chi connectivity index (χ0v) is 15.4. The number of aldehydes is 1. The molecule has 2 aromatic rings. The molecule has 3 rings (SSSR count). The van der Waals surface area contributed by atoms with E-state index in [1.54, 1.807) is 0 Å².